The van der Waals surface area contributed by atoms with Crippen LogP contribution < -0.4 is 22.5 Å². The number of hydrogen-bond acceptors (Lipinski definition) is 6. The molecule has 0 unspecified atom stereocenters. The van der Waals surface area contributed by atoms with Crippen molar-refractivity contribution < 1.29 is 0 Å². The molecule has 120 valence electrons. The first kappa shape index (κ1) is 15.3. The Labute approximate surface area is 139 Å². The van der Waals surface area contributed by atoms with E-state index < -0.39 is 0 Å². The largest absolute Gasteiger partial charge is 0.398 e. The van der Waals surface area contributed by atoms with Crippen molar-refractivity contribution >= 4 is 29.0 Å². The lowest BCUT2D eigenvalue weighted by Gasteiger charge is -2.10. The second-order valence-corrected chi connectivity index (χ2v) is 5.20. The van der Waals surface area contributed by atoms with E-state index in [9.17, 15) is 0 Å². The number of nitrogens with two attached hydrogens (primary N) is 3. The van der Waals surface area contributed by atoms with E-state index in [-0.39, 0.29) is 11.8 Å². The van der Waals surface area contributed by atoms with Crippen molar-refractivity contribution in [1.82, 2.24) is 9.97 Å². The summed E-state index contributed by atoms with van der Waals surface area (Å²) in [6.07, 6.45) is 0. The van der Waals surface area contributed by atoms with Gasteiger partial charge in [0.15, 0.2) is 0 Å². The molecule has 0 bridgehead atoms. The predicted octanol–water partition coefficient (Wildman–Crippen LogP) is 2.34. The minimum atomic E-state index is -0.0762. The zero-order valence-electron chi connectivity index (χ0n) is 12.8. The standard InChI is InChI=1S/C17H17N7/c18-13-8-10(6-7-12(13)16(19)20)14-9-15(24-17(21)23-14)22-11-4-2-1-3-5-11/h1-9H,18H2,(H3,19,20)(H3,21,22,23,24). The van der Waals surface area contributed by atoms with Crippen LogP contribution in [0.15, 0.2) is 54.6 Å². The first-order valence-electron chi connectivity index (χ1n) is 7.24. The lowest BCUT2D eigenvalue weighted by Crippen LogP contribution is -2.13. The van der Waals surface area contributed by atoms with Gasteiger partial charge in [-0.1, -0.05) is 24.3 Å². The smallest absolute Gasteiger partial charge is 0.222 e. The Hall–Kier alpha value is -3.61. The van der Waals surface area contributed by atoms with E-state index in [1.54, 1.807) is 24.3 Å². The summed E-state index contributed by atoms with van der Waals surface area (Å²) in [7, 11) is 0. The summed E-state index contributed by atoms with van der Waals surface area (Å²) in [6, 6.07) is 16.6. The SMILES string of the molecule is N=C(N)c1ccc(-c2cc(Nc3ccccc3)nc(N)n2)cc1N. The Morgan fingerprint density at radius 2 is 1.71 bits per heavy atom. The van der Waals surface area contributed by atoms with E-state index in [0.717, 1.165) is 11.3 Å². The third-order valence-electron chi connectivity index (χ3n) is 3.43. The number of aromatic nitrogens is 2. The van der Waals surface area contributed by atoms with Crippen LogP contribution in [0.1, 0.15) is 5.56 Å². The number of rotatable bonds is 4. The molecule has 0 radical (unpaired) electrons. The molecule has 3 rings (SSSR count). The first-order valence-corrected chi connectivity index (χ1v) is 7.24. The summed E-state index contributed by atoms with van der Waals surface area (Å²) in [5.41, 5.74) is 20.4. The summed E-state index contributed by atoms with van der Waals surface area (Å²) in [6.45, 7) is 0. The van der Waals surface area contributed by atoms with Gasteiger partial charge in [-0.15, -0.1) is 0 Å². The molecule has 0 saturated heterocycles. The van der Waals surface area contributed by atoms with Crippen molar-refractivity contribution in [1.29, 1.82) is 5.41 Å². The highest BCUT2D eigenvalue weighted by atomic mass is 15.1. The second kappa shape index (κ2) is 6.25. The van der Waals surface area contributed by atoms with Gasteiger partial charge in [0, 0.05) is 28.6 Å². The fraction of sp³-hybridized carbons (Fsp3) is 0. The quantitative estimate of drug-likeness (QED) is 0.284. The number of nitrogens with zero attached hydrogens (tertiary/aromatic N) is 2. The highest BCUT2D eigenvalue weighted by molar-refractivity contribution is 6.00. The summed E-state index contributed by atoms with van der Waals surface area (Å²) in [4.78, 5) is 8.44. The number of para-hydroxylation sites is 1. The Morgan fingerprint density at radius 3 is 2.38 bits per heavy atom. The molecule has 0 fully saturated rings. The average molecular weight is 319 g/mol. The van der Waals surface area contributed by atoms with Crippen LogP contribution in [-0.4, -0.2) is 15.8 Å². The maximum Gasteiger partial charge on any atom is 0.222 e. The topological polar surface area (TPSA) is 140 Å². The third-order valence-corrected chi connectivity index (χ3v) is 3.43. The lowest BCUT2D eigenvalue weighted by molar-refractivity contribution is 1.19. The molecule has 7 heteroatoms. The molecule has 24 heavy (non-hydrogen) atoms. The van der Waals surface area contributed by atoms with Gasteiger partial charge in [-0.05, 0) is 24.3 Å². The number of nitrogens with one attached hydrogen (secondary N) is 2. The summed E-state index contributed by atoms with van der Waals surface area (Å²) < 4.78 is 0. The van der Waals surface area contributed by atoms with Gasteiger partial charge in [0.1, 0.15) is 11.7 Å². The van der Waals surface area contributed by atoms with Crippen molar-refractivity contribution in [2.75, 3.05) is 16.8 Å². The van der Waals surface area contributed by atoms with Crippen LogP contribution in [-0.2, 0) is 0 Å². The first-order chi connectivity index (χ1) is 11.5. The van der Waals surface area contributed by atoms with E-state index in [4.69, 9.17) is 22.6 Å². The molecule has 0 saturated carbocycles. The summed E-state index contributed by atoms with van der Waals surface area (Å²) >= 11 is 0. The van der Waals surface area contributed by atoms with E-state index in [0.29, 0.717) is 22.8 Å². The molecule has 0 spiro atoms. The fourth-order valence-electron chi connectivity index (χ4n) is 2.31. The number of nitrogen functional groups attached to an aromatic ring is 3. The van der Waals surface area contributed by atoms with Crippen LogP contribution in [0.2, 0.25) is 0 Å². The lowest BCUT2D eigenvalue weighted by atomic mass is 10.1. The molecule has 0 atom stereocenters. The predicted molar refractivity (Wildman–Crippen MR) is 97.0 cm³/mol. The molecular formula is C17H17N7. The Bertz CT molecular complexity index is 891. The molecule has 8 N–H and O–H groups in total. The second-order valence-electron chi connectivity index (χ2n) is 5.20. The van der Waals surface area contributed by atoms with Crippen molar-refractivity contribution in [3.05, 3.63) is 60.2 Å². The molecule has 0 aliphatic heterocycles. The molecular weight excluding hydrogens is 302 g/mol. The van der Waals surface area contributed by atoms with Crippen LogP contribution in [0.3, 0.4) is 0 Å². The molecule has 0 aliphatic rings. The van der Waals surface area contributed by atoms with Crippen LogP contribution in [0.25, 0.3) is 11.3 Å². The zero-order chi connectivity index (χ0) is 17.1. The number of amidine groups is 1. The summed E-state index contributed by atoms with van der Waals surface area (Å²) in [5.74, 6) is 0.658. The van der Waals surface area contributed by atoms with Crippen LogP contribution in [0.4, 0.5) is 23.1 Å². The van der Waals surface area contributed by atoms with Gasteiger partial charge < -0.3 is 22.5 Å². The zero-order valence-corrected chi connectivity index (χ0v) is 12.8. The monoisotopic (exact) mass is 319 g/mol. The molecule has 7 nitrogen and oxygen atoms in total. The van der Waals surface area contributed by atoms with Crippen molar-refractivity contribution in [3.8, 4) is 11.3 Å². The molecule has 1 aromatic heterocycles. The van der Waals surface area contributed by atoms with Crippen LogP contribution in [0.5, 0.6) is 0 Å². The van der Waals surface area contributed by atoms with E-state index in [1.807, 2.05) is 30.3 Å². The van der Waals surface area contributed by atoms with Gasteiger partial charge in [0.05, 0.1) is 5.69 Å². The maximum absolute atomic E-state index is 7.49. The third kappa shape index (κ3) is 3.25. The van der Waals surface area contributed by atoms with E-state index in [2.05, 4.69) is 15.3 Å². The van der Waals surface area contributed by atoms with Crippen molar-refractivity contribution in [3.63, 3.8) is 0 Å². The van der Waals surface area contributed by atoms with Gasteiger partial charge in [-0.2, -0.15) is 4.98 Å². The van der Waals surface area contributed by atoms with Gasteiger partial charge in [0.2, 0.25) is 5.95 Å². The van der Waals surface area contributed by atoms with Crippen LogP contribution >= 0.6 is 0 Å². The maximum atomic E-state index is 7.49. The van der Waals surface area contributed by atoms with Gasteiger partial charge in [0.25, 0.3) is 0 Å². The normalized spacial score (nSPS) is 10.3. The molecule has 0 amide bonds. The van der Waals surface area contributed by atoms with Crippen molar-refractivity contribution in [2.45, 2.75) is 0 Å². The van der Waals surface area contributed by atoms with Crippen molar-refractivity contribution in [2.24, 2.45) is 5.73 Å². The molecule has 1 heterocycles. The average Bonchev–Trinajstić information content (AvgIpc) is 2.54. The Morgan fingerprint density at radius 1 is 0.958 bits per heavy atom. The minimum Gasteiger partial charge on any atom is -0.398 e. The Kier molecular flexibility index (Phi) is 3.98. The van der Waals surface area contributed by atoms with Gasteiger partial charge in [-0.25, -0.2) is 4.98 Å². The highest BCUT2D eigenvalue weighted by Gasteiger charge is 2.09. The van der Waals surface area contributed by atoms with E-state index in [1.165, 1.54) is 0 Å². The molecule has 2 aromatic carbocycles. The number of anilines is 4. The Balaban J connectivity index is 1.97. The fourth-order valence-corrected chi connectivity index (χ4v) is 2.31. The number of benzene rings is 2. The van der Waals surface area contributed by atoms with Gasteiger partial charge >= 0.3 is 0 Å². The number of hydrogen-bond donors (Lipinski definition) is 5. The molecule has 0 aliphatic carbocycles. The minimum absolute atomic E-state index is 0.0762. The molecule has 3 aromatic rings. The van der Waals surface area contributed by atoms with Gasteiger partial charge in [-0.3, -0.25) is 5.41 Å². The highest BCUT2D eigenvalue weighted by Crippen LogP contribution is 2.25. The van der Waals surface area contributed by atoms with E-state index >= 15 is 0 Å². The summed E-state index contributed by atoms with van der Waals surface area (Å²) in [5, 5.41) is 10.7. The van der Waals surface area contributed by atoms with Crippen LogP contribution in [0, 0.1) is 5.41 Å².